The summed E-state index contributed by atoms with van der Waals surface area (Å²) in [5.74, 6) is 0.621. The van der Waals surface area contributed by atoms with Gasteiger partial charge in [0.15, 0.2) is 5.76 Å². The van der Waals surface area contributed by atoms with Crippen molar-refractivity contribution >= 4 is 0 Å². The van der Waals surface area contributed by atoms with Crippen LogP contribution >= 0.6 is 0 Å². The molecular formula is C9H12O4. The molecule has 72 valence electrons. The second kappa shape index (κ2) is 3.14. The summed E-state index contributed by atoms with van der Waals surface area (Å²) >= 11 is 0. The number of hydrogen-bond donors (Lipinski definition) is 0. The van der Waals surface area contributed by atoms with E-state index in [-0.39, 0.29) is 5.60 Å². The smallest absolute Gasteiger partial charge is 0.250 e. The molecular weight excluding hydrogens is 172 g/mol. The first-order valence-electron chi connectivity index (χ1n) is 4.17. The standard InChI is InChI=1S/C9H12O4/c1-9(2)6-11-8(12-13-9)7-4-3-5-10-7/h3-5,8H,6H2,1-2H3. The maximum absolute atomic E-state index is 5.40. The number of furan rings is 1. The van der Waals surface area contributed by atoms with Gasteiger partial charge < -0.3 is 9.15 Å². The Kier molecular flexibility index (Phi) is 2.11. The van der Waals surface area contributed by atoms with Crippen LogP contribution in [0.1, 0.15) is 25.9 Å². The third-order valence-electron chi connectivity index (χ3n) is 1.72. The van der Waals surface area contributed by atoms with Crippen molar-refractivity contribution in [1.82, 2.24) is 0 Å². The van der Waals surface area contributed by atoms with Gasteiger partial charge in [-0.15, -0.1) is 0 Å². The van der Waals surface area contributed by atoms with Crippen LogP contribution < -0.4 is 0 Å². The second-order valence-electron chi connectivity index (χ2n) is 3.60. The first-order chi connectivity index (χ1) is 6.17. The molecule has 1 aromatic rings. The minimum Gasteiger partial charge on any atom is -0.464 e. The van der Waals surface area contributed by atoms with Crippen molar-refractivity contribution in [3.63, 3.8) is 0 Å². The van der Waals surface area contributed by atoms with E-state index >= 15 is 0 Å². The molecule has 0 spiro atoms. The fraction of sp³-hybridized carbons (Fsp3) is 0.556. The highest BCUT2D eigenvalue weighted by molar-refractivity contribution is 4.99. The Morgan fingerprint density at radius 2 is 2.31 bits per heavy atom. The van der Waals surface area contributed by atoms with Gasteiger partial charge in [-0.1, -0.05) is 0 Å². The molecule has 0 amide bonds. The lowest BCUT2D eigenvalue weighted by molar-refractivity contribution is -0.471. The Morgan fingerprint density at radius 1 is 1.46 bits per heavy atom. The Labute approximate surface area is 76.3 Å². The van der Waals surface area contributed by atoms with Crippen molar-refractivity contribution in [2.75, 3.05) is 6.61 Å². The predicted molar refractivity (Wildman–Crippen MR) is 43.7 cm³/mol. The topological polar surface area (TPSA) is 40.8 Å². The van der Waals surface area contributed by atoms with E-state index in [1.807, 2.05) is 13.8 Å². The highest BCUT2D eigenvalue weighted by atomic mass is 17.2. The third kappa shape index (κ3) is 1.91. The molecule has 1 atom stereocenters. The molecule has 1 saturated heterocycles. The number of rotatable bonds is 1. The highest BCUT2D eigenvalue weighted by Gasteiger charge is 2.32. The Bertz CT molecular complexity index is 255. The normalized spacial score (nSPS) is 27.4. The summed E-state index contributed by atoms with van der Waals surface area (Å²) < 4.78 is 10.5. The van der Waals surface area contributed by atoms with Crippen LogP contribution in [0.3, 0.4) is 0 Å². The van der Waals surface area contributed by atoms with E-state index in [0.29, 0.717) is 12.4 Å². The molecule has 2 rings (SSSR count). The van der Waals surface area contributed by atoms with Gasteiger partial charge in [-0.05, 0) is 26.0 Å². The fourth-order valence-electron chi connectivity index (χ4n) is 1.06. The minimum atomic E-state index is -0.539. The van der Waals surface area contributed by atoms with E-state index < -0.39 is 6.29 Å². The molecule has 1 aromatic heterocycles. The lowest BCUT2D eigenvalue weighted by Crippen LogP contribution is -2.37. The van der Waals surface area contributed by atoms with Crippen LogP contribution in [0.2, 0.25) is 0 Å². The number of hydrogen-bond acceptors (Lipinski definition) is 4. The molecule has 1 aliphatic rings. The molecule has 1 unspecified atom stereocenters. The predicted octanol–water partition coefficient (Wildman–Crippen LogP) is 2.04. The van der Waals surface area contributed by atoms with Crippen LogP contribution in [0.5, 0.6) is 0 Å². The molecule has 0 radical (unpaired) electrons. The molecule has 4 heteroatoms. The van der Waals surface area contributed by atoms with Crippen LogP contribution in [0, 0.1) is 0 Å². The lowest BCUT2D eigenvalue weighted by Gasteiger charge is -2.32. The second-order valence-corrected chi connectivity index (χ2v) is 3.60. The van der Waals surface area contributed by atoms with Gasteiger partial charge in [0.1, 0.15) is 5.60 Å². The van der Waals surface area contributed by atoms with Gasteiger partial charge >= 0.3 is 0 Å². The average Bonchev–Trinajstić information content (AvgIpc) is 2.56. The van der Waals surface area contributed by atoms with E-state index in [4.69, 9.17) is 18.9 Å². The third-order valence-corrected chi connectivity index (χ3v) is 1.72. The first-order valence-corrected chi connectivity index (χ1v) is 4.17. The monoisotopic (exact) mass is 184 g/mol. The van der Waals surface area contributed by atoms with Gasteiger partial charge in [-0.3, -0.25) is 0 Å². The zero-order valence-electron chi connectivity index (χ0n) is 7.65. The molecule has 0 saturated carbocycles. The Balaban J connectivity index is 1.99. The Morgan fingerprint density at radius 3 is 2.85 bits per heavy atom. The van der Waals surface area contributed by atoms with Crippen molar-refractivity contribution in [3.05, 3.63) is 24.2 Å². The molecule has 2 heterocycles. The molecule has 1 fully saturated rings. The van der Waals surface area contributed by atoms with E-state index in [9.17, 15) is 0 Å². The quantitative estimate of drug-likeness (QED) is 0.626. The van der Waals surface area contributed by atoms with E-state index in [0.717, 1.165) is 0 Å². The van der Waals surface area contributed by atoms with Gasteiger partial charge in [0.25, 0.3) is 0 Å². The van der Waals surface area contributed by atoms with Gasteiger partial charge in [0, 0.05) is 0 Å². The van der Waals surface area contributed by atoms with Gasteiger partial charge in [-0.25, -0.2) is 4.89 Å². The highest BCUT2D eigenvalue weighted by Crippen LogP contribution is 2.28. The van der Waals surface area contributed by atoms with Crippen molar-refractivity contribution in [2.45, 2.75) is 25.7 Å². The molecule has 1 aliphatic heterocycles. The lowest BCUT2D eigenvalue weighted by atomic mass is 10.1. The van der Waals surface area contributed by atoms with Gasteiger partial charge in [-0.2, -0.15) is 4.89 Å². The van der Waals surface area contributed by atoms with Crippen molar-refractivity contribution in [2.24, 2.45) is 0 Å². The largest absolute Gasteiger partial charge is 0.464 e. The summed E-state index contributed by atoms with van der Waals surface area (Å²) in [7, 11) is 0. The maximum Gasteiger partial charge on any atom is 0.250 e. The number of ether oxygens (including phenoxy) is 1. The molecule has 4 nitrogen and oxygen atoms in total. The van der Waals surface area contributed by atoms with Crippen molar-refractivity contribution in [1.29, 1.82) is 0 Å². The summed E-state index contributed by atoms with van der Waals surface area (Å²) in [5, 5.41) is 0. The van der Waals surface area contributed by atoms with Crippen LogP contribution in [-0.4, -0.2) is 12.2 Å². The maximum atomic E-state index is 5.40. The van der Waals surface area contributed by atoms with E-state index in [1.165, 1.54) is 0 Å². The van der Waals surface area contributed by atoms with Crippen LogP contribution in [-0.2, 0) is 14.5 Å². The van der Waals surface area contributed by atoms with Crippen molar-refractivity contribution in [3.8, 4) is 0 Å². The summed E-state index contributed by atoms with van der Waals surface area (Å²) in [5.41, 5.74) is -0.386. The summed E-state index contributed by atoms with van der Waals surface area (Å²) in [4.78, 5) is 10.1. The molecule has 0 aliphatic carbocycles. The first kappa shape index (κ1) is 8.74. The molecule has 13 heavy (non-hydrogen) atoms. The Hall–Kier alpha value is -0.840. The SMILES string of the molecule is CC1(C)COC(c2ccco2)OO1. The summed E-state index contributed by atoms with van der Waals surface area (Å²) in [6.07, 6.45) is 1.03. The van der Waals surface area contributed by atoms with E-state index in [1.54, 1.807) is 18.4 Å². The van der Waals surface area contributed by atoms with E-state index in [2.05, 4.69) is 0 Å². The van der Waals surface area contributed by atoms with Crippen LogP contribution in [0.15, 0.2) is 22.8 Å². The minimum absolute atomic E-state index is 0.386. The average molecular weight is 184 g/mol. The summed E-state index contributed by atoms with van der Waals surface area (Å²) in [6, 6.07) is 3.56. The molecule has 0 aromatic carbocycles. The fourth-order valence-corrected chi connectivity index (χ4v) is 1.06. The van der Waals surface area contributed by atoms with Crippen molar-refractivity contribution < 1.29 is 18.9 Å². The van der Waals surface area contributed by atoms with Gasteiger partial charge in [0.05, 0.1) is 12.9 Å². The molecule has 0 bridgehead atoms. The van der Waals surface area contributed by atoms with Gasteiger partial charge in [0.2, 0.25) is 6.29 Å². The zero-order valence-corrected chi connectivity index (χ0v) is 7.65. The summed E-state index contributed by atoms with van der Waals surface area (Å²) in [6.45, 7) is 4.27. The zero-order chi connectivity index (χ0) is 9.31. The molecule has 0 N–H and O–H groups in total. The van der Waals surface area contributed by atoms with Crippen LogP contribution in [0.25, 0.3) is 0 Å². The van der Waals surface area contributed by atoms with Crippen LogP contribution in [0.4, 0.5) is 0 Å².